The van der Waals surface area contributed by atoms with Gasteiger partial charge in [-0.3, -0.25) is 4.79 Å². The van der Waals surface area contributed by atoms with Gasteiger partial charge in [0.05, 0.1) is 24.0 Å². The zero-order valence-corrected chi connectivity index (χ0v) is 25.0. The fourth-order valence-corrected chi connectivity index (χ4v) is 5.10. The van der Waals surface area contributed by atoms with E-state index in [1.54, 1.807) is 24.3 Å². The highest BCUT2D eigenvalue weighted by Crippen LogP contribution is 2.36. The van der Waals surface area contributed by atoms with Crippen molar-refractivity contribution in [3.63, 3.8) is 0 Å². The number of nitrogens with one attached hydrogen (secondary N) is 2. The smallest absolute Gasteiger partial charge is 0.271 e. The number of ether oxygens (including phenoxy) is 2. The van der Waals surface area contributed by atoms with Crippen LogP contribution in [-0.4, -0.2) is 24.2 Å². The van der Waals surface area contributed by atoms with Gasteiger partial charge in [-0.2, -0.15) is 5.10 Å². The van der Waals surface area contributed by atoms with Gasteiger partial charge in [-0.15, -0.1) is 11.3 Å². The maximum absolute atomic E-state index is 12.7. The number of carbonyl (C=O) groups is 1. The number of amides is 1. The van der Waals surface area contributed by atoms with E-state index in [2.05, 4.69) is 36.8 Å². The minimum Gasteiger partial charge on any atom is -0.493 e. The van der Waals surface area contributed by atoms with E-state index in [-0.39, 0.29) is 5.91 Å². The maximum atomic E-state index is 12.7. The van der Waals surface area contributed by atoms with Gasteiger partial charge in [0.15, 0.2) is 16.6 Å². The lowest BCUT2D eigenvalue weighted by Crippen LogP contribution is -2.17. The van der Waals surface area contributed by atoms with E-state index in [4.69, 9.17) is 21.1 Å². The van der Waals surface area contributed by atoms with Crippen LogP contribution in [0.5, 0.6) is 11.5 Å². The highest BCUT2D eigenvalue weighted by atomic mass is 79.9. The highest BCUT2D eigenvalue weighted by Gasteiger charge is 2.13. The molecule has 0 radical (unpaired) electrons. The lowest BCUT2D eigenvalue weighted by Gasteiger charge is -2.13. The molecule has 5 rings (SSSR count). The summed E-state index contributed by atoms with van der Waals surface area (Å²) in [7, 11) is 1.54. The Bertz CT molecular complexity index is 1660. The molecule has 1 heterocycles. The number of anilines is 2. The molecule has 7 nitrogen and oxygen atoms in total. The van der Waals surface area contributed by atoms with Gasteiger partial charge in [-0.1, -0.05) is 70.0 Å². The molecule has 0 aliphatic carbocycles. The average Bonchev–Trinajstić information content (AvgIpc) is 3.46. The number of para-hydroxylation sites is 1. The Kier molecular flexibility index (Phi) is 9.30. The first-order valence-corrected chi connectivity index (χ1v) is 14.5. The molecule has 0 unspecified atom stereocenters. The second kappa shape index (κ2) is 13.5. The Morgan fingerprint density at radius 1 is 1.05 bits per heavy atom. The third kappa shape index (κ3) is 7.52. The van der Waals surface area contributed by atoms with E-state index in [1.165, 1.54) is 24.7 Å². The van der Waals surface area contributed by atoms with Crippen molar-refractivity contribution >= 4 is 61.8 Å². The Hall–Kier alpha value is -4.18. The normalized spacial score (nSPS) is 10.9. The fourth-order valence-electron chi connectivity index (χ4n) is 3.82. The predicted octanol–water partition coefficient (Wildman–Crippen LogP) is 8.32. The zero-order valence-electron chi connectivity index (χ0n) is 21.8. The summed E-state index contributed by atoms with van der Waals surface area (Å²) in [6, 6.07) is 28.3. The van der Waals surface area contributed by atoms with E-state index in [0.29, 0.717) is 34.3 Å². The third-order valence-electron chi connectivity index (χ3n) is 5.90. The van der Waals surface area contributed by atoms with Gasteiger partial charge in [0.25, 0.3) is 5.91 Å². The Balaban J connectivity index is 1.18. The molecule has 0 bridgehead atoms. The largest absolute Gasteiger partial charge is 0.493 e. The minimum absolute atomic E-state index is 0.333. The van der Waals surface area contributed by atoms with Crippen molar-refractivity contribution in [1.29, 1.82) is 0 Å². The van der Waals surface area contributed by atoms with E-state index in [1.807, 2.05) is 72.1 Å². The van der Waals surface area contributed by atoms with Crippen LogP contribution < -0.4 is 20.2 Å². The number of carbonyl (C=O) groups excluding carboxylic acids is 1. The van der Waals surface area contributed by atoms with Crippen molar-refractivity contribution < 1.29 is 14.3 Å². The Morgan fingerprint density at radius 3 is 2.54 bits per heavy atom. The summed E-state index contributed by atoms with van der Waals surface area (Å²) in [4.78, 5) is 17.3. The molecule has 0 atom stereocenters. The van der Waals surface area contributed by atoms with Crippen LogP contribution in [0.2, 0.25) is 5.02 Å². The quantitative estimate of drug-likeness (QED) is 0.118. The number of hydrogen-bond donors (Lipinski definition) is 2. The number of aromatic nitrogens is 1. The van der Waals surface area contributed by atoms with Gasteiger partial charge in [-0.25, -0.2) is 10.4 Å². The highest BCUT2D eigenvalue weighted by molar-refractivity contribution is 9.10. The lowest BCUT2D eigenvalue weighted by atomic mass is 10.1. The number of halogens is 2. The molecule has 0 aliphatic heterocycles. The molecule has 1 amide bonds. The topological polar surface area (TPSA) is 84.8 Å². The summed E-state index contributed by atoms with van der Waals surface area (Å²) in [5.41, 5.74) is 7.36. The molecule has 0 saturated heterocycles. The van der Waals surface area contributed by atoms with Crippen LogP contribution in [0.1, 0.15) is 21.5 Å². The van der Waals surface area contributed by atoms with Crippen LogP contribution in [0, 0.1) is 0 Å². The molecule has 41 heavy (non-hydrogen) atoms. The Labute approximate surface area is 255 Å². The van der Waals surface area contributed by atoms with Crippen molar-refractivity contribution in [3.05, 3.63) is 123 Å². The van der Waals surface area contributed by atoms with Crippen molar-refractivity contribution in [2.45, 2.75) is 6.61 Å². The molecule has 4 aromatic carbocycles. The van der Waals surface area contributed by atoms with Crippen LogP contribution >= 0.6 is 38.9 Å². The second-order valence-corrected chi connectivity index (χ2v) is 10.9. The molecular formula is C31H24BrClN4O3S. The van der Waals surface area contributed by atoms with Crippen LogP contribution in [-0.2, 0) is 6.61 Å². The van der Waals surface area contributed by atoms with Crippen molar-refractivity contribution in [2.24, 2.45) is 5.10 Å². The van der Waals surface area contributed by atoms with Crippen LogP contribution in [0.15, 0.2) is 106 Å². The monoisotopic (exact) mass is 646 g/mol. The van der Waals surface area contributed by atoms with Crippen molar-refractivity contribution in [1.82, 2.24) is 10.4 Å². The van der Waals surface area contributed by atoms with E-state index in [9.17, 15) is 4.79 Å². The number of methoxy groups -OCH3 is 1. The molecule has 5 aromatic rings. The molecule has 0 aliphatic rings. The zero-order chi connectivity index (χ0) is 28.6. The molecule has 0 saturated carbocycles. The molecular weight excluding hydrogens is 624 g/mol. The number of hydrazone groups is 1. The number of nitrogens with zero attached hydrogens (tertiary/aromatic N) is 2. The average molecular weight is 648 g/mol. The van der Waals surface area contributed by atoms with E-state index >= 15 is 0 Å². The minimum atomic E-state index is -0.343. The van der Waals surface area contributed by atoms with Crippen molar-refractivity contribution in [2.75, 3.05) is 12.4 Å². The van der Waals surface area contributed by atoms with Gasteiger partial charge in [0, 0.05) is 26.7 Å². The summed E-state index contributed by atoms with van der Waals surface area (Å²) in [6.45, 7) is 0.333. The number of thiazole rings is 1. The fraction of sp³-hybridized carbons (Fsp3) is 0.0645. The van der Waals surface area contributed by atoms with Crippen molar-refractivity contribution in [3.8, 4) is 22.8 Å². The Morgan fingerprint density at radius 2 is 1.80 bits per heavy atom. The summed E-state index contributed by atoms with van der Waals surface area (Å²) in [6.07, 6.45) is 1.50. The molecule has 1 aromatic heterocycles. The standard InChI is InChI=1S/C31H24BrClN4O3S/c1-39-28-16-21(15-26(33)29(28)40-18-20-7-13-24(32)14-8-20)17-34-37-30(38)23-11-9-22(10-12-23)27-19-41-31(36-27)35-25-5-3-2-4-6-25/h2-17,19H,18H2,1H3,(H,35,36)(H,37,38)/b34-17-. The van der Waals surface area contributed by atoms with E-state index in [0.717, 1.165) is 32.1 Å². The number of benzene rings is 4. The number of rotatable bonds is 10. The molecule has 10 heteroatoms. The second-order valence-electron chi connectivity index (χ2n) is 8.75. The third-order valence-corrected chi connectivity index (χ3v) is 7.47. The first-order valence-electron chi connectivity index (χ1n) is 12.4. The van der Waals surface area contributed by atoms with Crippen LogP contribution in [0.4, 0.5) is 10.8 Å². The maximum Gasteiger partial charge on any atom is 0.271 e. The summed E-state index contributed by atoms with van der Waals surface area (Å²) >= 11 is 11.4. The van der Waals surface area contributed by atoms with Gasteiger partial charge >= 0.3 is 0 Å². The SMILES string of the molecule is COc1cc(/C=N\NC(=O)c2ccc(-c3csc(Nc4ccccc4)n3)cc2)cc(Cl)c1OCc1ccc(Br)cc1. The van der Waals surface area contributed by atoms with Gasteiger partial charge in [0.2, 0.25) is 0 Å². The van der Waals surface area contributed by atoms with Crippen LogP contribution in [0.3, 0.4) is 0 Å². The lowest BCUT2D eigenvalue weighted by molar-refractivity contribution is 0.0955. The van der Waals surface area contributed by atoms with Crippen LogP contribution in [0.25, 0.3) is 11.3 Å². The molecule has 206 valence electrons. The van der Waals surface area contributed by atoms with E-state index < -0.39 is 0 Å². The predicted molar refractivity (Wildman–Crippen MR) is 169 cm³/mol. The van der Waals surface area contributed by atoms with Gasteiger partial charge < -0.3 is 14.8 Å². The van der Waals surface area contributed by atoms with Gasteiger partial charge in [-0.05, 0) is 59.7 Å². The molecule has 2 N–H and O–H groups in total. The van der Waals surface area contributed by atoms with Gasteiger partial charge in [0.1, 0.15) is 6.61 Å². The summed E-state index contributed by atoms with van der Waals surface area (Å²) in [5, 5.41) is 10.5. The molecule has 0 spiro atoms. The summed E-state index contributed by atoms with van der Waals surface area (Å²) in [5.74, 6) is 0.550. The molecule has 0 fully saturated rings. The number of hydrogen-bond acceptors (Lipinski definition) is 7. The first kappa shape index (κ1) is 28.4. The summed E-state index contributed by atoms with van der Waals surface area (Å²) < 4.78 is 12.4. The first-order chi connectivity index (χ1) is 20.0.